The van der Waals surface area contributed by atoms with Crippen molar-refractivity contribution in [1.82, 2.24) is 9.55 Å². The minimum atomic E-state index is -0.488. The quantitative estimate of drug-likeness (QED) is 0.811. The van der Waals surface area contributed by atoms with E-state index in [1.165, 1.54) is 0 Å². The van der Waals surface area contributed by atoms with Gasteiger partial charge in [-0.1, -0.05) is 19.1 Å². The maximum atomic E-state index is 12.6. The number of hydroxylamine groups is 1. The van der Waals surface area contributed by atoms with Gasteiger partial charge in [-0.05, 0) is 25.5 Å². The van der Waals surface area contributed by atoms with Crippen molar-refractivity contribution in [2.24, 2.45) is 0 Å². The Kier molecular flexibility index (Phi) is 3.39. The van der Waals surface area contributed by atoms with Gasteiger partial charge in [-0.15, -0.1) is 0 Å². The molecule has 1 aromatic heterocycles. The predicted octanol–water partition coefficient (Wildman–Crippen LogP) is 2.82. The van der Waals surface area contributed by atoms with Crippen LogP contribution in [-0.4, -0.2) is 22.1 Å². The number of carbonyl (C=O) groups excluding carboxylic acids is 1. The number of carbonyl (C=O) groups is 1. The van der Waals surface area contributed by atoms with Crippen LogP contribution in [0.15, 0.2) is 30.6 Å². The fourth-order valence-electron chi connectivity index (χ4n) is 2.72. The molecule has 2 aromatic rings. The minimum absolute atomic E-state index is 0.221. The van der Waals surface area contributed by atoms with E-state index in [1.54, 1.807) is 19.3 Å². The molecule has 1 unspecified atom stereocenters. The van der Waals surface area contributed by atoms with Crippen LogP contribution in [0.2, 0.25) is 0 Å². The van der Waals surface area contributed by atoms with Crippen LogP contribution in [0.1, 0.15) is 42.5 Å². The topological polar surface area (TPSA) is 70.4 Å². The van der Waals surface area contributed by atoms with Crippen LogP contribution in [0.3, 0.4) is 0 Å². The van der Waals surface area contributed by atoms with Crippen LogP contribution in [0.25, 0.3) is 5.69 Å². The van der Waals surface area contributed by atoms with Gasteiger partial charge in [0.05, 0.1) is 29.7 Å². The predicted molar refractivity (Wildman–Crippen MR) is 78.4 cm³/mol. The standard InChI is InChI=1S/C15H16N3O3/c1-3-10-14-13(15(19)21-4-2)16-9-17(14)11-7-5-6-8-12(11)18(10)20/h5-10H,3-4H2,1-2H3/q-1. The first-order chi connectivity index (χ1) is 10.2. The molecule has 3 rings (SSSR count). The van der Waals surface area contributed by atoms with E-state index in [-0.39, 0.29) is 12.3 Å². The summed E-state index contributed by atoms with van der Waals surface area (Å²) in [5.41, 5.74) is 2.14. The largest absolute Gasteiger partial charge is 0.758 e. The van der Waals surface area contributed by atoms with Crippen molar-refractivity contribution in [3.05, 3.63) is 47.2 Å². The number of hydrogen-bond acceptors (Lipinski definition) is 5. The first-order valence-electron chi connectivity index (χ1n) is 6.99. The van der Waals surface area contributed by atoms with Gasteiger partial charge in [-0.25, -0.2) is 9.78 Å². The van der Waals surface area contributed by atoms with Crippen molar-refractivity contribution in [3.63, 3.8) is 0 Å². The molecule has 1 atom stereocenters. The molecule has 1 aliphatic rings. The van der Waals surface area contributed by atoms with Gasteiger partial charge in [0.15, 0.2) is 5.69 Å². The normalized spacial score (nSPS) is 16.3. The molecule has 6 nitrogen and oxygen atoms in total. The van der Waals surface area contributed by atoms with Crippen molar-refractivity contribution in [3.8, 4) is 5.69 Å². The molecule has 2 heterocycles. The van der Waals surface area contributed by atoms with Crippen LogP contribution in [0, 0.1) is 5.21 Å². The number of para-hydroxylation sites is 2. The molecule has 0 amide bonds. The van der Waals surface area contributed by atoms with E-state index in [9.17, 15) is 10.0 Å². The fraction of sp³-hybridized carbons (Fsp3) is 0.333. The van der Waals surface area contributed by atoms with Gasteiger partial charge in [0.2, 0.25) is 0 Å². The fourth-order valence-corrected chi connectivity index (χ4v) is 2.72. The molecule has 0 radical (unpaired) electrons. The van der Waals surface area contributed by atoms with Crippen molar-refractivity contribution in [1.29, 1.82) is 0 Å². The summed E-state index contributed by atoms with van der Waals surface area (Å²) in [6.07, 6.45) is 2.16. The summed E-state index contributed by atoms with van der Waals surface area (Å²) in [4.78, 5) is 16.2. The summed E-state index contributed by atoms with van der Waals surface area (Å²) in [6.45, 7) is 3.93. The number of rotatable bonds is 3. The van der Waals surface area contributed by atoms with Gasteiger partial charge < -0.3 is 15.0 Å². The third-order valence-electron chi connectivity index (χ3n) is 3.64. The second-order valence-electron chi connectivity index (χ2n) is 4.81. The summed E-state index contributed by atoms with van der Waals surface area (Å²) in [6, 6.07) is 6.85. The highest BCUT2D eigenvalue weighted by Crippen LogP contribution is 2.40. The third kappa shape index (κ3) is 1.99. The van der Waals surface area contributed by atoms with E-state index in [4.69, 9.17) is 4.74 Å². The van der Waals surface area contributed by atoms with E-state index in [0.29, 0.717) is 17.8 Å². The zero-order valence-corrected chi connectivity index (χ0v) is 11.9. The highest BCUT2D eigenvalue weighted by Gasteiger charge is 2.31. The van der Waals surface area contributed by atoms with E-state index in [2.05, 4.69) is 4.98 Å². The lowest BCUT2D eigenvalue weighted by molar-refractivity contribution is 0.0518. The van der Waals surface area contributed by atoms with Gasteiger partial charge >= 0.3 is 5.97 Å². The lowest BCUT2D eigenvalue weighted by atomic mass is 10.0. The van der Waals surface area contributed by atoms with Crippen LogP contribution in [0.4, 0.5) is 5.69 Å². The van der Waals surface area contributed by atoms with Gasteiger partial charge in [0.25, 0.3) is 0 Å². The number of ether oxygens (including phenoxy) is 1. The van der Waals surface area contributed by atoms with Crippen molar-refractivity contribution < 1.29 is 9.53 Å². The molecular weight excluding hydrogens is 270 g/mol. The lowest BCUT2D eigenvalue weighted by Crippen LogP contribution is -2.30. The number of benzene rings is 1. The Morgan fingerprint density at radius 1 is 1.33 bits per heavy atom. The Bertz CT molecular complexity index is 681. The summed E-state index contributed by atoms with van der Waals surface area (Å²) < 4.78 is 6.84. The SMILES string of the molecule is CCOC(=O)c1ncn2c1C(CC)N([O-])c1ccccc1-2. The zero-order chi connectivity index (χ0) is 15.0. The number of hydrogen-bond donors (Lipinski definition) is 0. The molecule has 0 aliphatic carbocycles. The first-order valence-corrected chi connectivity index (χ1v) is 6.99. The van der Waals surface area contributed by atoms with Crippen molar-refractivity contribution >= 4 is 11.7 Å². The van der Waals surface area contributed by atoms with E-state index in [0.717, 1.165) is 10.8 Å². The molecule has 110 valence electrons. The smallest absolute Gasteiger partial charge is 0.358 e. The lowest BCUT2D eigenvalue weighted by Gasteiger charge is -2.44. The van der Waals surface area contributed by atoms with E-state index >= 15 is 0 Å². The van der Waals surface area contributed by atoms with Gasteiger partial charge in [0.1, 0.15) is 6.33 Å². The highest BCUT2D eigenvalue weighted by molar-refractivity contribution is 5.90. The first kappa shape index (κ1) is 13.6. The van der Waals surface area contributed by atoms with Crippen LogP contribution >= 0.6 is 0 Å². The van der Waals surface area contributed by atoms with E-state index < -0.39 is 12.0 Å². The molecule has 0 fully saturated rings. The van der Waals surface area contributed by atoms with Crippen LogP contribution in [0.5, 0.6) is 0 Å². The average molecular weight is 286 g/mol. The van der Waals surface area contributed by atoms with Gasteiger partial charge in [0, 0.05) is 0 Å². The molecule has 1 aliphatic heterocycles. The van der Waals surface area contributed by atoms with Gasteiger partial charge in [-0.2, -0.15) is 0 Å². The second kappa shape index (κ2) is 5.21. The Balaban J connectivity index is 2.19. The molecule has 0 saturated carbocycles. The summed E-state index contributed by atoms with van der Waals surface area (Å²) in [7, 11) is 0. The number of aromatic nitrogens is 2. The molecule has 0 saturated heterocycles. The van der Waals surface area contributed by atoms with E-state index in [1.807, 2.05) is 29.7 Å². The summed E-state index contributed by atoms with van der Waals surface area (Å²) in [5.74, 6) is -0.488. The maximum Gasteiger partial charge on any atom is 0.358 e. The summed E-state index contributed by atoms with van der Waals surface area (Å²) >= 11 is 0. The molecule has 1 aromatic carbocycles. The van der Waals surface area contributed by atoms with Crippen molar-refractivity contribution in [2.45, 2.75) is 26.3 Å². The number of esters is 1. The minimum Gasteiger partial charge on any atom is -0.758 e. The molecule has 0 bridgehead atoms. The number of imidazole rings is 1. The molecule has 21 heavy (non-hydrogen) atoms. The second-order valence-corrected chi connectivity index (χ2v) is 4.81. The Hall–Kier alpha value is -2.34. The third-order valence-corrected chi connectivity index (χ3v) is 3.64. The molecule has 0 N–H and O–H groups in total. The number of anilines is 1. The maximum absolute atomic E-state index is 12.6. The Morgan fingerprint density at radius 2 is 2.05 bits per heavy atom. The summed E-state index contributed by atoms with van der Waals surface area (Å²) in [5, 5.41) is 13.5. The number of nitrogens with zero attached hydrogens (tertiary/aromatic N) is 3. The monoisotopic (exact) mass is 286 g/mol. The zero-order valence-electron chi connectivity index (χ0n) is 11.9. The van der Waals surface area contributed by atoms with Crippen LogP contribution < -0.4 is 5.06 Å². The Morgan fingerprint density at radius 3 is 2.71 bits per heavy atom. The molecule has 6 heteroatoms. The highest BCUT2D eigenvalue weighted by atomic mass is 16.5. The number of fused-ring (bicyclic) bond motifs is 3. The Labute approximate surface area is 122 Å². The van der Waals surface area contributed by atoms with Gasteiger partial charge in [-0.3, -0.25) is 4.57 Å². The van der Waals surface area contributed by atoms with Crippen LogP contribution in [-0.2, 0) is 4.74 Å². The average Bonchev–Trinajstić information content (AvgIpc) is 2.93. The van der Waals surface area contributed by atoms with Crippen molar-refractivity contribution in [2.75, 3.05) is 11.7 Å². The molecular formula is C15H16N3O3-. The molecule has 0 spiro atoms.